The van der Waals surface area contributed by atoms with Gasteiger partial charge < -0.3 is 15.5 Å². The number of fused-ring (bicyclic) bond motifs is 2. The maximum absolute atomic E-state index is 6.18. The molecule has 0 saturated carbocycles. The van der Waals surface area contributed by atoms with E-state index in [-0.39, 0.29) is 5.92 Å². The predicted octanol–water partition coefficient (Wildman–Crippen LogP) is 5.54. The number of aromatic amines is 1. The van der Waals surface area contributed by atoms with E-state index in [1.807, 2.05) is 42.6 Å². The van der Waals surface area contributed by atoms with E-state index in [0.717, 1.165) is 27.5 Å². The van der Waals surface area contributed by atoms with Crippen LogP contribution in [-0.2, 0) is 0 Å². The molecule has 3 aromatic heterocycles. The van der Waals surface area contributed by atoms with Crippen LogP contribution in [0.1, 0.15) is 18.4 Å². The maximum atomic E-state index is 6.18. The van der Waals surface area contributed by atoms with E-state index in [1.54, 1.807) is 6.20 Å². The number of ether oxygens (including phenoxy) is 1. The Morgan fingerprint density at radius 3 is 2.80 bits per heavy atom. The molecule has 0 aliphatic heterocycles. The fourth-order valence-corrected chi connectivity index (χ4v) is 3.81. The number of pyridine rings is 2. The summed E-state index contributed by atoms with van der Waals surface area (Å²) < 4.78 is 6.11. The molecule has 148 valence electrons. The van der Waals surface area contributed by atoms with E-state index in [0.29, 0.717) is 18.2 Å². The zero-order valence-electron chi connectivity index (χ0n) is 16.7. The average Bonchev–Trinajstić information content (AvgIpc) is 3.22. The van der Waals surface area contributed by atoms with Gasteiger partial charge in [0.1, 0.15) is 0 Å². The van der Waals surface area contributed by atoms with Crippen molar-refractivity contribution >= 4 is 27.6 Å². The van der Waals surface area contributed by atoms with Gasteiger partial charge in [-0.25, -0.2) is 4.98 Å². The van der Waals surface area contributed by atoms with Crippen LogP contribution in [0, 0.1) is 0 Å². The number of hydrogen-bond acceptors (Lipinski definition) is 4. The van der Waals surface area contributed by atoms with Gasteiger partial charge in [0.25, 0.3) is 0 Å². The van der Waals surface area contributed by atoms with E-state index in [9.17, 15) is 0 Å². The third kappa shape index (κ3) is 3.35. The first-order valence-corrected chi connectivity index (χ1v) is 9.98. The lowest BCUT2D eigenvalue weighted by Gasteiger charge is -2.15. The summed E-state index contributed by atoms with van der Waals surface area (Å²) in [5.41, 5.74) is 11.5. The van der Waals surface area contributed by atoms with Crippen molar-refractivity contribution in [1.29, 1.82) is 0 Å². The molecule has 0 aliphatic rings. The van der Waals surface area contributed by atoms with Gasteiger partial charge in [-0.15, -0.1) is 0 Å². The molecule has 0 bridgehead atoms. The molecular formula is C25H22N4O. The molecule has 1 atom stereocenters. The van der Waals surface area contributed by atoms with Crippen LogP contribution in [0.25, 0.3) is 32.9 Å². The summed E-state index contributed by atoms with van der Waals surface area (Å²) in [7, 11) is 0. The Morgan fingerprint density at radius 1 is 1.03 bits per heavy atom. The molecule has 0 aliphatic carbocycles. The first-order chi connectivity index (χ1) is 14.7. The van der Waals surface area contributed by atoms with Crippen LogP contribution in [-0.4, -0.2) is 21.6 Å². The molecule has 0 unspecified atom stereocenters. The van der Waals surface area contributed by atoms with Crippen molar-refractivity contribution in [3.63, 3.8) is 0 Å². The number of nitrogens with zero attached hydrogens (tertiary/aromatic N) is 2. The lowest BCUT2D eigenvalue weighted by molar-refractivity contribution is 0.297. The van der Waals surface area contributed by atoms with Crippen LogP contribution in [0.5, 0.6) is 5.75 Å². The SMILES string of the molecule is C[C@H](COc1cc2cc(-c3cccnc3)ccc2nc1N)c1c[nH]c2ccccc12. The number of H-pyrrole nitrogens is 1. The normalized spacial score (nSPS) is 12.3. The van der Waals surface area contributed by atoms with Crippen LogP contribution in [0.4, 0.5) is 5.82 Å². The van der Waals surface area contributed by atoms with Gasteiger partial charge in [-0.05, 0) is 41.5 Å². The minimum absolute atomic E-state index is 0.206. The molecule has 0 spiro atoms. The number of nitrogens with two attached hydrogens (primary N) is 1. The maximum Gasteiger partial charge on any atom is 0.166 e. The second-order valence-electron chi connectivity index (χ2n) is 7.52. The van der Waals surface area contributed by atoms with Crippen LogP contribution < -0.4 is 10.5 Å². The largest absolute Gasteiger partial charge is 0.489 e. The monoisotopic (exact) mass is 394 g/mol. The molecule has 0 saturated heterocycles. The fourth-order valence-electron chi connectivity index (χ4n) is 3.81. The van der Waals surface area contributed by atoms with Crippen molar-refractivity contribution in [2.24, 2.45) is 0 Å². The van der Waals surface area contributed by atoms with Crippen molar-refractivity contribution < 1.29 is 4.74 Å². The van der Waals surface area contributed by atoms with E-state index < -0.39 is 0 Å². The number of aromatic nitrogens is 3. The van der Waals surface area contributed by atoms with Gasteiger partial charge in [-0.1, -0.05) is 37.3 Å². The van der Waals surface area contributed by atoms with Crippen LogP contribution in [0.2, 0.25) is 0 Å². The number of nitrogens with one attached hydrogen (secondary N) is 1. The number of benzene rings is 2. The summed E-state index contributed by atoms with van der Waals surface area (Å²) in [6.07, 6.45) is 5.68. The van der Waals surface area contributed by atoms with Gasteiger partial charge in [-0.2, -0.15) is 0 Å². The third-order valence-electron chi connectivity index (χ3n) is 5.44. The van der Waals surface area contributed by atoms with Crippen LogP contribution in [0.3, 0.4) is 0 Å². The Hall–Kier alpha value is -3.86. The van der Waals surface area contributed by atoms with Gasteiger partial charge in [0, 0.05) is 46.4 Å². The number of anilines is 1. The summed E-state index contributed by atoms with van der Waals surface area (Å²) in [4.78, 5) is 12.1. The van der Waals surface area contributed by atoms with Crippen molar-refractivity contribution in [2.75, 3.05) is 12.3 Å². The zero-order chi connectivity index (χ0) is 20.5. The fraction of sp³-hybridized carbons (Fsp3) is 0.120. The van der Waals surface area contributed by atoms with Crippen LogP contribution in [0.15, 0.2) is 79.3 Å². The molecule has 5 rings (SSSR count). The van der Waals surface area contributed by atoms with Crippen molar-refractivity contribution in [3.8, 4) is 16.9 Å². The minimum atomic E-state index is 0.206. The Kier molecular flexibility index (Phi) is 4.56. The van der Waals surface area contributed by atoms with E-state index in [1.165, 1.54) is 10.9 Å². The quantitative estimate of drug-likeness (QED) is 0.410. The predicted molar refractivity (Wildman–Crippen MR) is 122 cm³/mol. The topological polar surface area (TPSA) is 76.8 Å². The lowest BCUT2D eigenvalue weighted by Crippen LogP contribution is -2.08. The van der Waals surface area contributed by atoms with Gasteiger partial charge in [0.2, 0.25) is 0 Å². The number of nitrogen functional groups attached to an aromatic ring is 1. The molecule has 0 fully saturated rings. The Morgan fingerprint density at radius 2 is 1.93 bits per heavy atom. The van der Waals surface area contributed by atoms with Crippen molar-refractivity contribution in [1.82, 2.24) is 15.0 Å². The van der Waals surface area contributed by atoms with Gasteiger partial charge in [0.05, 0.1) is 12.1 Å². The highest BCUT2D eigenvalue weighted by molar-refractivity contribution is 5.87. The summed E-state index contributed by atoms with van der Waals surface area (Å²) in [5, 5.41) is 2.21. The molecule has 5 aromatic rings. The van der Waals surface area contributed by atoms with E-state index in [2.05, 4.69) is 52.3 Å². The van der Waals surface area contributed by atoms with Crippen molar-refractivity contribution in [3.05, 3.63) is 84.8 Å². The Labute approximate surface area is 174 Å². The van der Waals surface area contributed by atoms with Crippen LogP contribution >= 0.6 is 0 Å². The minimum Gasteiger partial charge on any atom is -0.489 e. The standard InChI is InChI=1S/C25H22N4O/c1-16(21-14-28-23-7-3-2-6-20(21)23)15-30-24-12-19-11-17(18-5-4-10-27-13-18)8-9-22(19)29-25(24)26/h2-14,16,28H,15H2,1H3,(H2,26,29)/t16-/m1/s1. The molecule has 5 heteroatoms. The van der Waals surface area contributed by atoms with Gasteiger partial charge in [0.15, 0.2) is 11.6 Å². The van der Waals surface area contributed by atoms with Gasteiger partial charge >= 0.3 is 0 Å². The highest BCUT2D eigenvalue weighted by Gasteiger charge is 2.14. The number of hydrogen-bond donors (Lipinski definition) is 2. The lowest BCUT2D eigenvalue weighted by atomic mass is 10.0. The first-order valence-electron chi connectivity index (χ1n) is 9.98. The molecule has 5 nitrogen and oxygen atoms in total. The highest BCUT2D eigenvalue weighted by atomic mass is 16.5. The Bertz CT molecular complexity index is 1330. The summed E-state index contributed by atoms with van der Waals surface area (Å²) in [5.74, 6) is 1.22. The second kappa shape index (κ2) is 7.52. The van der Waals surface area contributed by atoms with Crippen molar-refractivity contribution in [2.45, 2.75) is 12.8 Å². The highest BCUT2D eigenvalue weighted by Crippen LogP contribution is 2.31. The molecular weight excluding hydrogens is 372 g/mol. The number of rotatable bonds is 5. The molecule has 0 radical (unpaired) electrons. The summed E-state index contributed by atoms with van der Waals surface area (Å²) in [6.45, 7) is 2.67. The number of para-hydroxylation sites is 1. The average molecular weight is 394 g/mol. The molecule has 2 aromatic carbocycles. The third-order valence-corrected chi connectivity index (χ3v) is 5.44. The Balaban J connectivity index is 1.41. The molecule has 30 heavy (non-hydrogen) atoms. The molecule has 0 amide bonds. The zero-order valence-corrected chi connectivity index (χ0v) is 16.7. The summed E-state index contributed by atoms with van der Waals surface area (Å²) in [6, 6.07) is 20.3. The smallest absolute Gasteiger partial charge is 0.166 e. The molecule has 3 N–H and O–H groups in total. The van der Waals surface area contributed by atoms with Gasteiger partial charge in [-0.3, -0.25) is 4.98 Å². The van der Waals surface area contributed by atoms with E-state index in [4.69, 9.17) is 10.5 Å². The second-order valence-corrected chi connectivity index (χ2v) is 7.52. The molecule has 3 heterocycles. The van der Waals surface area contributed by atoms with E-state index >= 15 is 0 Å². The first kappa shape index (κ1) is 18.2. The summed E-state index contributed by atoms with van der Waals surface area (Å²) >= 11 is 0.